The largest absolute Gasteiger partial charge is 0.339 e. The molecule has 1 saturated heterocycles. The number of hydrogen-bond donors (Lipinski definition) is 4. The lowest BCUT2D eigenvalue weighted by atomic mass is 10.2. The molecule has 1 aliphatic rings. The van der Waals surface area contributed by atoms with Crippen LogP contribution >= 0.6 is 0 Å². The highest BCUT2D eigenvalue weighted by atomic mass is 16.7. The second kappa shape index (κ2) is 4.14. The molecule has 0 aromatic heterocycles. The molecule has 0 aromatic rings. The van der Waals surface area contributed by atoms with Crippen molar-refractivity contribution in [3.8, 4) is 0 Å². The van der Waals surface area contributed by atoms with Gasteiger partial charge in [-0.1, -0.05) is 0 Å². The zero-order chi connectivity index (χ0) is 9.84. The molecule has 0 spiro atoms. The highest BCUT2D eigenvalue weighted by Crippen LogP contribution is 2.12. The van der Waals surface area contributed by atoms with E-state index >= 15 is 0 Å². The second-order valence-electron chi connectivity index (χ2n) is 2.31. The third-order valence-corrected chi connectivity index (χ3v) is 1.57. The van der Waals surface area contributed by atoms with Gasteiger partial charge in [-0.15, -0.1) is 0 Å². The maximum Gasteiger partial charge on any atom is 0.266 e. The fourth-order valence-corrected chi connectivity index (χ4v) is 0.951. The molecule has 8 nitrogen and oxygen atoms in total. The minimum absolute atomic E-state index is 0.143. The molecule has 1 aliphatic heterocycles. The van der Waals surface area contributed by atoms with Gasteiger partial charge in [0, 0.05) is 0 Å². The number of carbonyl (C=O) groups is 2. The summed E-state index contributed by atoms with van der Waals surface area (Å²) in [5.41, 5.74) is 3.70. The minimum atomic E-state index is -1.05. The monoisotopic (exact) mass is 190 g/mol. The summed E-state index contributed by atoms with van der Waals surface area (Å²) in [7, 11) is 0. The smallest absolute Gasteiger partial charge is 0.266 e. The first-order chi connectivity index (χ1) is 6.20. The fourth-order valence-electron chi connectivity index (χ4n) is 0.951. The zero-order valence-corrected chi connectivity index (χ0v) is 6.65. The van der Waals surface area contributed by atoms with Crippen LogP contribution < -0.4 is 22.5 Å². The van der Waals surface area contributed by atoms with Gasteiger partial charge in [0.2, 0.25) is 0 Å². The fraction of sp³-hybridized carbons (Fsp3) is 0.600. The minimum Gasteiger partial charge on any atom is -0.339 e. The Labute approximate surface area is 73.5 Å². The van der Waals surface area contributed by atoms with Crippen molar-refractivity contribution in [3.05, 3.63) is 0 Å². The van der Waals surface area contributed by atoms with Crippen molar-refractivity contribution in [1.82, 2.24) is 10.9 Å². The summed E-state index contributed by atoms with van der Waals surface area (Å²) in [4.78, 5) is 22.0. The van der Waals surface area contributed by atoms with Gasteiger partial charge >= 0.3 is 0 Å². The van der Waals surface area contributed by atoms with E-state index in [-0.39, 0.29) is 6.79 Å². The van der Waals surface area contributed by atoms with Gasteiger partial charge in [0.05, 0.1) is 0 Å². The summed E-state index contributed by atoms with van der Waals surface area (Å²) >= 11 is 0. The first-order valence-corrected chi connectivity index (χ1v) is 3.45. The van der Waals surface area contributed by atoms with Crippen molar-refractivity contribution in [2.24, 2.45) is 11.7 Å². The number of amides is 2. The van der Waals surface area contributed by atoms with Crippen LogP contribution in [0, 0.1) is 0 Å². The van der Waals surface area contributed by atoms with Crippen LogP contribution in [0.15, 0.2) is 0 Å². The SMILES string of the molecule is NNC(=O)[C@H]1OCO[C@@H]1C(=O)NN. The first kappa shape index (κ1) is 9.86. The summed E-state index contributed by atoms with van der Waals surface area (Å²) in [6.07, 6.45) is -2.10. The topological polar surface area (TPSA) is 129 Å². The van der Waals surface area contributed by atoms with Gasteiger partial charge in [-0.2, -0.15) is 0 Å². The lowest BCUT2D eigenvalue weighted by Gasteiger charge is -2.12. The third-order valence-electron chi connectivity index (χ3n) is 1.57. The normalized spacial score (nSPS) is 26.9. The molecule has 0 saturated carbocycles. The molecule has 1 fully saturated rings. The van der Waals surface area contributed by atoms with Gasteiger partial charge in [0.15, 0.2) is 12.2 Å². The Morgan fingerprint density at radius 1 is 1.08 bits per heavy atom. The predicted octanol–water partition coefficient (Wildman–Crippen LogP) is -3.29. The van der Waals surface area contributed by atoms with Crippen molar-refractivity contribution < 1.29 is 19.1 Å². The number of rotatable bonds is 2. The predicted molar refractivity (Wildman–Crippen MR) is 39.3 cm³/mol. The van der Waals surface area contributed by atoms with Crippen LogP contribution in [0.4, 0.5) is 0 Å². The molecule has 0 aliphatic carbocycles. The van der Waals surface area contributed by atoms with Crippen molar-refractivity contribution >= 4 is 11.8 Å². The van der Waals surface area contributed by atoms with E-state index in [4.69, 9.17) is 21.2 Å². The second-order valence-corrected chi connectivity index (χ2v) is 2.31. The van der Waals surface area contributed by atoms with E-state index < -0.39 is 24.0 Å². The molecule has 2 atom stereocenters. The molecule has 1 rings (SSSR count). The van der Waals surface area contributed by atoms with Crippen molar-refractivity contribution in [2.75, 3.05) is 6.79 Å². The quantitative estimate of drug-likeness (QED) is 0.205. The highest BCUT2D eigenvalue weighted by Gasteiger charge is 2.39. The first-order valence-electron chi connectivity index (χ1n) is 3.45. The molecule has 6 N–H and O–H groups in total. The highest BCUT2D eigenvalue weighted by molar-refractivity contribution is 5.90. The van der Waals surface area contributed by atoms with E-state index in [0.29, 0.717) is 0 Å². The van der Waals surface area contributed by atoms with Crippen LogP contribution in [-0.4, -0.2) is 30.8 Å². The third kappa shape index (κ3) is 1.92. The molecule has 8 heteroatoms. The van der Waals surface area contributed by atoms with Gasteiger partial charge < -0.3 is 9.47 Å². The lowest BCUT2D eigenvalue weighted by Crippen LogP contribution is -2.50. The standard InChI is InChI=1S/C5H10N4O4/c6-8-4(10)2-3(5(11)9-7)13-1-12-2/h2-3H,1,6-7H2,(H,8,10)(H,9,11)/t2-,3-/m0/s1. The summed E-state index contributed by atoms with van der Waals surface area (Å²) in [6, 6.07) is 0. The Morgan fingerprint density at radius 3 is 1.77 bits per heavy atom. The van der Waals surface area contributed by atoms with E-state index in [1.165, 1.54) is 0 Å². The Hall–Kier alpha value is -1.22. The molecule has 0 bridgehead atoms. The molecule has 0 unspecified atom stereocenters. The maximum absolute atomic E-state index is 11.0. The summed E-state index contributed by atoms with van der Waals surface area (Å²) in [5.74, 6) is 8.45. The van der Waals surface area contributed by atoms with Crippen LogP contribution in [0.25, 0.3) is 0 Å². The van der Waals surface area contributed by atoms with Crippen LogP contribution in [0.5, 0.6) is 0 Å². The van der Waals surface area contributed by atoms with Crippen LogP contribution in [0.2, 0.25) is 0 Å². The summed E-state index contributed by atoms with van der Waals surface area (Å²) in [5, 5.41) is 0. The average Bonchev–Trinajstić information content (AvgIpc) is 2.63. The summed E-state index contributed by atoms with van der Waals surface area (Å²) in [6.45, 7) is -0.143. The van der Waals surface area contributed by atoms with Gasteiger partial charge in [-0.3, -0.25) is 20.4 Å². The zero-order valence-electron chi connectivity index (χ0n) is 6.65. The average molecular weight is 190 g/mol. The van der Waals surface area contributed by atoms with E-state index in [9.17, 15) is 9.59 Å². The van der Waals surface area contributed by atoms with Crippen LogP contribution in [-0.2, 0) is 19.1 Å². The molecule has 1 heterocycles. The Kier molecular flexibility index (Phi) is 3.14. The number of nitrogens with two attached hydrogens (primary N) is 2. The maximum atomic E-state index is 11.0. The van der Waals surface area contributed by atoms with Gasteiger partial charge in [-0.25, -0.2) is 11.7 Å². The van der Waals surface area contributed by atoms with Gasteiger partial charge in [-0.05, 0) is 0 Å². The summed E-state index contributed by atoms with van der Waals surface area (Å²) < 4.78 is 9.62. The van der Waals surface area contributed by atoms with Crippen molar-refractivity contribution in [1.29, 1.82) is 0 Å². The number of hydrazine groups is 2. The van der Waals surface area contributed by atoms with E-state index in [1.807, 2.05) is 10.9 Å². The number of carbonyl (C=O) groups excluding carboxylic acids is 2. The lowest BCUT2D eigenvalue weighted by molar-refractivity contribution is -0.137. The molecule has 13 heavy (non-hydrogen) atoms. The number of hydrogen-bond acceptors (Lipinski definition) is 6. The Balaban J connectivity index is 2.63. The van der Waals surface area contributed by atoms with Crippen LogP contribution in [0.1, 0.15) is 0 Å². The molecule has 2 amide bonds. The molecule has 0 radical (unpaired) electrons. The van der Waals surface area contributed by atoms with Crippen molar-refractivity contribution in [2.45, 2.75) is 12.2 Å². The van der Waals surface area contributed by atoms with E-state index in [1.54, 1.807) is 0 Å². The Morgan fingerprint density at radius 2 is 1.46 bits per heavy atom. The molecular weight excluding hydrogens is 180 g/mol. The van der Waals surface area contributed by atoms with E-state index in [0.717, 1.165) is 0 Å². The molecular formula is C5H10N4O4. The van der Waals surface area contributed by atoms with Crippen LogP contribution in [0.3, 0.4) is 0 Å². The Bertz CT molecular complexity index is 199. The van der Waals surface area contributed by atoms with E-state index in [2.05, 4.69) is 0 Å². The number of nitrogens with one attached hydrogen (secondary N) is 2. The van der Waals surface area contributed by atoms with Crippen molar-refractivity contribution in [3.63, 3.8) is 0 Å². The van der Waals surface area contributed by atoms with Gasteiger partial charge in [0.1, 0.15) is 6.79 Å². The molecule has 0 aromatic carbocycles. The molecule has 74 valence electrons. The number of ether oxygens (including phenoxy) is 2. The van der Waals surface area contributed by atoms with Gasteiger partial charge in [0.25, 0.3) is 11.8 Å².